The average Bonchev–Trinajstić information content (AvgIpc) is 3.21. The van der Waals surface area contributed by atoms with Gasteiger partial charge in [-0.15, -0.1) is 15.0 Å². The van der Waals surface area contributed by atoms with Crippen molar-refractivity contribution in [1.29, 1.82) is 0 Å². The molecule has 0 fully saturated rings. The Bertz CT molecular complexity index is 1220. The molecule has 1 heterocycles. The number of halogens is 1. The molecule has 0 aliphatic carbocycles. The summed E-state index contributed by atoms with van der Waals surface area (Å²) in [5, 5.41) is 29.7. The number of rotatable bonds is 9. The molecule has 7 nitrogen and oxygen atoms in total. The van der Waals surface area contributed by atoms with Gasteiger partial charge in [0.15, 0.2) is 0 Å². The molecule has 1 atom stereocenters. The van der Waals surface area contributed by atoms with E-state index in [4.69, 9.17) is 21.1 Å². The average molecular weight is 452 g/mol. The Balaban J connectivity index is 1.30. The van der Waals surface area contributed by atoms with Gasteiger partial charge in [0.25, 0.3) is 0 Å². The van der Waals surface area contributed by atoms with Crippen LogP contribution in [0, 0.1) is 0 Å². The molecule has 0 aliphatic heterocycles. The van der Waals surface area contributed by atoms with Crippen molar-refractivity contribution in [3.05, 3.63) is 83.4 Å². The van der Waals surface area contributed by atoms with Crippen LogP contribution in [0.25, 0.3) is 22.8 Å². The van der Waals surface area contributed by atoms with E-state index in [9.17, 15) is 10.2 Å². The molecule has 3 aromatic carbocycles. The maximum atomic E-state index is 10.4. The highest BCUT2D eigenvalue weighted by Gasteiger charge is 2.12. The molecule has 4 aromatic rings. The Kier molecular flexibility index (Phi) is 6.70. The first-order valence-electron chi connectivity index (χ1n) is 9.98. The van der Waals surface area contributed by atoms with Crippen LogP contribution in [0.4, 0.5) is 0 Å². The molecule has 1 unspecified atom stereocenters. The summed E-state index contributed by atoms with van der Waals surface area (Å²) in [7, 11) is 0. The smallest absolute Gasteiger partial charge is 0.146 e. The molecule has 32 heavy (non-hydrogen) atoms. The summed E-state index contributed by atoms with van der Waals surface area (Å²) in [6, 6.07) is 17.8. The molecule has 0 spiro atoms. The summed E-state index contributed by atoms with van der Waals surface area (Å²) < 4.78 is 11.1. The summed E-state index contributed by atoms with van der Waals surface area (Å²) in [5.74, 6) is 0.354. The number of hydrogen-bond donors (Lipinski definition) is 2. The molecule has 0 amide bonds. The number of ether oxygens (including phenoxy) is 2. The topological polar surface area (TPSA) is 89.6 Å². The number of aromatic hydroxyl groups is 1. The second-order valence-corrected chi connectivity index (χ2v) is 7.64. The van der Waals surface area contributed by atoms with Crippen LogP contribution in [-0.4, -0.2) is 44.5 Å². The van der Waals surface area contributed by atoms with Gasteiger partial charge >= 0.3 is 0 Å². The molecule has 0 saturated carbocycles. The SMILES string of the molecule is C=Cc1ccc(COCC(O)COc2ccc(-n3nc4ccc(Cl)cc4n3)c(O)c2)cc1. The van der Waals surface area contributed by atoms with Crippen molar-refractivity contribution in [3.63, 3.8) is 0 Å². The van der Waals surface area contributed by atoms with Crippen molar-refractivity contribution in [1.82, 2.24) is 15.0 Å². The minimum atomic E-state index is -0.813. The molecular weight excluding hydrogens is 430 g/mol. The first kappa shape index (κ1) is 21.8. The lowest BCUT2D eigenvalue weighted by molar-refractivity contribution is 0.00546. The van der Waals surface area contributed by atoms with E-state index in [-0.39, 0.29) is 19.0 Å². The van der Waals surface area contributed by atoms with Crippen molar-refractivity contribution in [2.45, 2.75) is 12.7 Å². The summed E-state index contributed by atoms with van der Waals surface area (Å²) >= 11 is 5.98. The van der Waals surface area contributed by atoms with Gasteiger partial charge in [0, 0.05) is 11.1 Å². The second-order valence-electron chi connectivity index (χ2n) is 7.20. The van der Waals surface area contributed by atoms with Crippen LogP contribution < -0.4 is 4.74 Å². The zero-order valence-electron chi connectivity index (χ0n) is 17.2. The summed E-state index contributed by atoms with van der Waals surface area (Å²) in [4.78, 5) is 1.34. The minimum Gasteiger partial charge on any atom is -0.505 e. The Morgan fingerprint density at radius 3 is 2.53 bits per heavy atom. The van der Waals surface area contributed by atoms with Gasteiger partial charge < -0.3 is 19.7 Å². The van der Waals surface area contributed by atoms with E-state index in [0.29, 0.717) is 34.1 Å². The van der Waals surface area contributed by atoms with E-state index in [1.165, 1.54) is 10.9 Å². The molecule has 4 rings (SSSR count). The number of fused-ring (bicyclic) bond motifs is 1. The fourth-order valence-electron chi connectivity index (χ4n) is 3.06. The zero-order chi connectivity index (χ0) is 22.5. The highest BCUT2D eigenvalue weighted by molar-refractivity contribution is 6.31. The fourth-order valence-corrected chi connectivity index (χ4v) is 3.23. The van der Waals surface area contributed by atoms with Crippen molar-refractivity contribution in [2.75, 3.05) is 13.2 Å². The number of phenols is 1. The predicted molar refractivity (Wildman–Crippen MR) is 123 cm³/mol. The van der Waals surface area contributed by atoms with Gasteiger partial charge in [0.2, 0.25) is 0 Å². The maximum absolute atomic E-state index is 10.4. The lowest BCUT2D eigenvalue weighted by Gasteiger charge is -2.14. The van der Waals surface area contributed by atoms with Crippen molar-refractivity contribution < 1.29 is 19.7 Å². The molecule has 164 valence electrons. The third-order valence-corrected chi connectivity index (χ3v) is 4.98. The summed E-state index contributed by atoms with van der Waals surface area (Å²) in [6.07, 6.45) is 0.965. The number of benzene rings is 3. The minimum absolute atomic E-state index is 0.0244. The van der Waals surface area contributed by atoms with Gasteiger partial charge in [0.05, 0.1) is 13.2 Å². The maximum Gasteiger partial charge on any atom is 0.146 e. The highest BCUT2D eigenvalue weighted by Crippen LogP contribution is 2.27. The lowest BCUT2D eigenvalue weighted by Crippen LogP contribution is -2.23. The van der Waals surface area contributed by atoms with Gasteiger partial charge in [0.1, 0.15) is 40.9 Å². The zero-order valence-corrected chi connectivity index (χ0v) is 17.9. The number of nitrogens with zero attached hydrogens (tertiary/aromatic N) is 3. The number of aliphatic hydroxyl groups is 1. The van der Waals surface area contributed by atoms with Crippen molar-refractivity contribution in [3.8, 4) is 17.2 Å². The van der Waals surface area contributed by atoms with Gasteiger partial charge in [-0.1, -0.05) is 48.5 Å². The normalized spacial score (nSPS) is 12.1. The van der Waals surface area contributed by atoms with Crippen LogP contribution in [0.3, 0.4) is 0 Å². The summed E-state index contributed by atoms with van der Waals surface area (Å²) in [5.41, 5.74) is 3.73. The van der Waals surface area contributed by atoms with Crippen molar-refractivity contribution >= 4 is 28.7 Å². The molecule has 0 saturated heterocycles. The van der Waals surface area contributed by atoms with Crippen LogP contribution in [0.15, 0.2) is 67.2 Å². The third kappa shape index (κ3) is 5.26. The molecule has 2 N–H and O–H groups in total. The molecule has 0 aliphatic rings. The quantitative estimate of drug-likeness (QED) is 0.392. The monoisotopic (exact) mass is 451 g/mol. The lowest BCUT2D eigenvalue weighted by atomic mass is 10.1. The van der Waals surface area contributed by atoms with E-state index in [1.54, 1.807) is 36.4 Å². The number of aliphatic hydroxyl groups excluding tert-OH is 1. The van der Waals surface area contributed by atoms with Crippen LogP contribution in [0.2, 0.25) is 5.02 Å². The van der Waals surface area contributed by atoms with Gasteiger partial charge in [-0.3, -0.25) is 0 Å². The number of hydrogen-bond acceptors (Lipinski definition) is 6. The van der Waals surface area contributed by atoms with E-state index in [0.717, 1.165) is 11.1 Å². The Hall–Kier alpha value is -3.39. The fraction of sp³-hybridized carbons (Fsp3) is 0.167. The Morgan fingerprint density at radius 1 is 1.00 bits per heavy atom. The van der Waals surface area contributed by atoms with Gasteiger partial charge in [-0.2, -0.15) is 0 Å². The van der Waals surface area contributed by atoms with E-state index in [1.807, 2.05) is 24.3 Å². The largest absolute Gasteiger partial charge is 0.505 e. The molecule has 0 radical (unpaired) electrons. The van der Waals surface area contributed by atoms with E-state index in [2.05, 4.69) is 16.8 Å². The van der Waals surface area contributed by atoms with Crippen molar-refractivity contribution in [2.24, 2.45) is 0 Å². The Morgan fingerprint density at radius 2 is 1.78 bits per heavy atom. The third-order valence-electron chi connectivity index (χ3n) is 4.74. The number of phenolic OH excluding ortho intramolecular Hbond substituents is 1. The molecular formula is C24H22ClN3O4. The van der Waals surface area contributed by atoms with Crippen LogP contribution in [-0.2, 0) is 11.3 Å². The van der Waals surface area contributed by atoms with Gasteiger partial charge in [-0.05, 0) is 41.5 Å². The van der Waals surface area contributed by atoms with E-state index >= 15 is 0 Å². The standard InChI is InChI=1S/C24H22ClN3O4/c1-2-16-3-5-17(6-4-16)13-31-14-19(29)15-32-20-8-10-23(24(30)12-20)28-26-21-9-7-18(25)11-22(21)27-28/h2-12,19,29-30H,1,13-15H2. The first-order valence-corrected chi connectivity index (χ1v) is 10.4. The van der Waals surface area contributed by atoms with Crippen LogP contribution >= 0.6 is 11.6 Å². The van der Waals surface area contributed by atoms with E-state index < -0.39 is 6.10 Å². The number of aromatic nitrogens is 3. The van der Waals surface area contributed by atoms with Crippen LogP contribution in [0.1, 0.15) is 11.1 Å². The Labute approximate surface area is 190 Å². The highest BCUT2D eigenvalue weighted by atomic mass is 35.5. The second kappa shape index (κ2) is 9.82. The predicted octanol–water partition coefficient (Wildman–Crippen LogP) is 4.38. The summed E-state index contributed by atoms with van der Waals surface area (Å²) in [6.45, 7) is 4.26. The molecule has 8 heteroatoms. The first-order chi connectivity index (χ1) is 15.5. The van der Waals surface area contributed by atoms with Crippen LogP contribution in [0.5, 0.6) is 11.5 Å². The van der Waals surface area contributed by atoms with Gasteiger partial charge in [-0.25, -0.2) is 0 Å². The molecule has 1 aromatic heterocycles. The molecule has 0 bridgehead atoms.